The van der Waals surface area contributed by atoms with Crippen LogP contribution in [0.1, 0.15) is 56.9 Å². The SMILES string of the molecule is COc1ccc(CCC(N)C2CCCCCCC2)cc1. The lowest BCUT2D eigenvalue weighted by Gasteiger charge is -2.25. The van der Waals surface area contributed by atoms with E-state index in [1.807, 2.05) is 12.1 Å². The first-order valence-electron chi connectivity index (χ1n) is 8.18. The van der Waals surface area contributed by atoms with E-state index in [-0.39, 0.29) is 0 Å². The summed E-state index contributed by atoms with van der Waals surface area (Å²) in [6.45, 7) is 0. The molecule has 1 aromatic rings. The van der Waals surface area contributed by atoms with Gasteiger partial charge in [-0.05, 0) is 49.3 Å². The third-order valence-electron chi connectivity index (χ3n) is 4.68. The maximum atomic E-state index is 6.45. The standard InChI is InChI=1S/C18H29NO/c1-20-17-12-9-15(10-13-17)11-14-18(19)16-7-5-3-2-4-6-8-16/h9-10,12-13,16,18H,2-8,11,14,19H2,1H3. The minimum Gasteiger partial charge on any atom is -0.497 e. The Morgan fingerprint density at radius 2 is 1.65 bits per heavy atom. The number of hydrogen-bond donors (Lipinski definition) is 1. The van der Waals surface area contributed by atoms with Gasteiger partial charge in [-0.1, -0.05) is 44.2 Å². The topological polar surface area (TPSA) is 35.2 Å². The van der Waals surface area contributed by atoms with Gasteiger partial charge in [-0.2, -0.15) is 0 Å². The predicted octanol–water partition coefficient (Wildman–Crippen LogP) is 4.32. The fourth-order valence-electron chi connectivity index (χ4n) is 3.28. The predicted molar refractivity (Wildman–Crippen MR) is 85.1 cm³/mol. The molecule has 1 unspecified atom stereocenters. The monoisotopic (exact) mass is 275 g/mol. The molecule has 2 rings (SSSR count). The number of benzene rings is 1. The van der Waals surface area contributed by atoms with Gasteiger partial charge >= 0.3 is 0 Å². The lowest BCUT2D eigenvalue weighted by molar-refractivity contribution is 0.313. The molecule has 1 aliphatic carbocycles. The number of hydrogen-bond acceptors (Lipinski definition) is 2. The van der Waals surface area contributed by atoms with Crippen LogP contribution in [0, 0.1) is 5.92 Å². The van der Waals surface area contributed by atoms with Crippen molar-refractivity contribution >= 4 is 0 Å². The van der Waals surface area contributed by atoms with Crippen LogP contribution in [0.3, 0.4) is 0 Å². The van der Waals surface area contributed by atoms with Gasteiger partial charge in [-0.3, -0.25) is 0 Å². The summed E-state index contributed by atoms with van der Waals surface area (Å²) in [5.41, 5.74) is 7.82. The maximum absolute atomic E-state index is 6.45. The van der Waals surface area contributed by atoms with Gasteiger partial charge in [0.2, 0.25) is 0 Å². The molecule has 1 aromatic carbocycles. The third-order valence-corrected chi connectivity index (χ3v) is 4.68. The van der Waals surface area contributed by atoms with Crippen molar-refractivity contribution in [2.75, 3.05) is 7.11 Å². The lowest BCUT2D eigenvalue weighted by atomic mass is 9.84. The second kappa shape index (κ2) is 8.31. The fourth-order valence-corrected chi connectivity index (χ4v) is 3.28. The van der Waals surface area contributed by atoms with Crippen LogP contribution in [0.15, 0.2) is 24.3 Å². The van der Waals surface area contributed by atoms with Crippen LogP contribution < -0.4 is 10.5 Å². The van der Waals surface area contributed by atoms with Crippen LogP contribution in [-0.2, 0) is 6.42 Å². The van der Waals surface area contributed by atoms with E-state index in [9.17, 15) is 0 Å². The molecule has 0 aromatic heterocycles. The molecule has 1 aliphatic rings. The molecular formula is C18H29NO. The molecule has 2 nitrogen and oxygen atoms in total. The van der Waals surface area contributed by atoms with Gasteiger partial charge < -0.3 is 10.5 Å². The normalized spacial score (nSPS) is 19.1. The summed E-state index contributed by atoms with van der Waals surface area (Å²) in [6, 6.07) is 8.76. The third kappa shape index (κ3) is 4.82. The van der Waals surface area contributed by atoms with Crippen LogP contribution in [0.2, 0.25) is 0 Å². The van der Waals surface area contributed by atoms with Crippen molar-refractivity contribution < 1.29 is 4.74 Å². The van der Waals surface area contributed by atoms with Crippen molar-refractivity contribution in [3.8, 4) is 5.75 Å². The highest BCUT2D eigenvalue weighted by molar-refractivity contribution is 5.27. The summed E-state index contributed by atoms with van der Waals surface area (Å²) < 4.78 is 5.19. The van der Waals surface area contributed by atoms with E-state index < -0.39 is 0 Å². The quantitative estimate of drug-likeness (QED) is 0.868. The van der Waals surface area contributed by atoms with Gasteiger partial charge in [0.15, 0.2) is 0 Å². The summed E-state index contributed by atoms with van der Waals surface area (Å²) >= 11 is 0. The first-order valence-corrected chi connectivity index (χ1v) is 8.18. The van der Waals surface area contributed by atoms with Gasteiger partial charge in [0, 0.05) is 6.04 Å². The highest BCUT2D eigenvalue weighted by Crippen LogP contribution is 2.26. The first kappa shape index (κ1) is 15.4. The zero-order chi connectivity index (χ0) is 14.2. The molecule has 0 bridgehead atoms. The summed E-state index contributed by atoms with van der Waals surface area (Å²) in [5, 5.41) is 0. The Kier molecular flexibility index (Phi) is 6.38. The van der Waals surface area contributed by atoms with Crippen molar-refractivity contribution in [1.29, 1.82) is 0 Å². The van der Waals surface area contributed by atoms with Gasteiger partial charge in [0.05, 0.1) is 7.11 Å². The van der Waals surface area contributed by atoms with Crippen molar-refractivity contribution in [1.82, 2.24) is 0 Å². The molecule has 112 valence electrons. The zero-order valence-electron chi connectivity index (χ0n) is 12.8. The Morgan fingerprint density at radius 1 is 1.05 bits per heavy atom. The van der Waals surface area contributed by atoms with E-state index >= 15 is 0 Å². The van der Waals surface area contributed by atoms with E-state index in [1.54, 1.807) is 7.11 Å². The van der Waals surface area contributed by atoms with Crippen molar-refractivity contribution in [3.63, 3.8) is 0 Å². The number of nitrogens with two attached hydrogens (primary N) is 1. The van der Waals surface area contributed by atoms with Crippen LogP contribution >= 0.6 is 0 Å². The molecule has 0 aliphatic heterocycles. The molecule has 0 radical (unpaired) electrons. The highest BCUT2D eigenvalue weighted by atomic mass is 16.5. The number of rotatable bonds is 5. The van der Waals surface area contributed by atoms with Gasteiger partial charge in [-0.15, -0.1) is 0 Å². The van der Waals surface area contributed by atoms with E-state index in [2.05, 4.69) is 12.1 Å². The van der Waals surface area contributed by atoms with Crippen molar-refractivity contribution in [2.24, 2.45) is 11.7 Å². The molecule has 0 spiro atoms. The second-order valence-electron chi connectivity index (χ2n) is 6.16. The molecule has 20 heavy (non-hydrogen) atoms. The fraction of sp³-hybridized carbons (Fsp3) is 0.667. The molecule has 1 fully saturated rings. The van der Waals surface area contributed by atoms with Gasteiger partial charge in [0.1, 0.15) is 5.75 Å². The van der Waals surface area contributed by atoms with Crippen LogP contribution in [0.25, 0.3) is 0 Å². The minimum atomic E-state index is 0.371. The van der Waals surface area contributed by atoms with Gasteiger partial charge in [-0.25, -0.2) is 0 Å². The Hall–Kier alpha value is -1.02. The summed E-state index contributed by atoms with van der Waals surface area (Å²) in [7, 11) is 1.71. The largest absolute Gasteiger partial charge is 0.497 e. The Morgan fingerprint density at radius 3 is 2.25 bits per heavy atom. The molecular weight excluding hydrogens is 246 g/mol. The zero-order valence-corrected chi connectivity index (χ0v) is 12.8. The highest BCUT2D eigenvalue weighted by Gasteiger charge is 2.18. The van der Waals surface area contributed by atoms with Crippen molar-refractivity contribution in [2.45, 2.75) is 63.8 Å². The Labute approximate surface area is 123 Å². The Bertz CT molecular complexity index is 366. The van der Waals surface area contributed by atoms with E-state index in [4.69, 9.17) is 10.5 Å². The lowest BCUT2D eigenvalue weighted by Crippen LogP contribution is -2.31. The van der Waals surface area contributed by atoms with Gasteiger partial charge in [0.25, 0.3) is 0 Å². The molecule has 1 saturated carbocycles. The maximum Gasteiger partial charge on any atom is 0.118 e. The Balaban J connectivity index is 1.78. The van der Waals surface area contributed by atoms with Crippen LogP contribution in [0.5, 0.6) is 5.75 Å². The number of methoxy groups -OCH3 is 1. The summed E-state index contributed by atoms with van der Waals surface area (Å²) in [5.74, 6) is 1.67. The molecule has 0 heterocycles. The first-order chi connectivity index (χ1) is 9.79. The van der Waals surface area contributed by atoms with Crippen LogP contribution in [0.4, 0.5) is 0 Å². The molecule has 2 N–H and O–H groups in total. The average Bonchev–Trinajstić information content (AvgIpc) is 2.45. The second-order valence-corrected chi connectivity index (χ2v) is 6.16. The summed E-state index contributed by atoms with van der Waals surface area (Å²) in [6.07, 6.45) is 11.9. The van der Waals surface area contributed by atoms with E-state index in [0.717, 1.165) is 24.5 Å². The van der Waals surface area contributed by atoms with E-state index in [1.165, 1.54) is 50.5 Å². The van der Waals surface area contributed by atoms with Crippen molar-refractivity contribution in [3.05, 3.63) is 29.8 Å². The summed E-state index contributed by atoms with van der Waals surface area (Å²) in [4.78, 5) is 0. The molecule has 2 heteroatoms. The van der Waals surface area contributed by atoms with E-state index in [0.29, 0.717) is 6.04 Å². The smallest absolute Gasteiger partial charge is 0.118 e. The molecule has 0 saturated heterocycles. The number of ether oxygens (including phenoxy) is 1. The number of aryl methyl sites for hydroxylation is 1. The van der Waals surface area contributed by atoms with Crippen LogP contribution in [-0.4, -0.2) is 13.2 Å². The molecule has 1 atom stereocenters. The average molecular weight is 275 g/mol. The minimum absolute atomic E-state index is 0.371. The molecule has 0 amide bonds.